The molecule has 1 heterocycles. The van der Waals surface area contributed by atoms with E-state index in [0.717, 1.165) is 5.56 Å². The van der Waals surface area contributed by atoms with Gasteiger partial charge in [0.25, 0.3) is 5.91 Å². The molecule has 1 aromatic heterocycles. The Morgan fingerprint density at radius 2 is 1.78 bits per heavy atom. The van der Waals surface area contributed by atoms with Gasteiger partial charge >= 0.3 is 0 Å². The summed E-state index contributed by atoms with van der Waals surface area (Å²) in [5, 5.41) is 3.92. The maximum absolute atomic E-state index is 12.5. The fraction of sp³-hybridized carbons (Fsp3) is 0. The first-order valence-corrected chi connectivity index (χ1v) is 9.06. The van der Waals surface area contributed by atoms with Gasteiger partial charge in [-0.1, -0.05) is 46.9 Å². The molecule has 3 aromatic carbocycles. The Balaban J connectivity index is 1.64. The van der Waals surface area contributed by atoms with Crippen LogP contribution in [0.15, 0.2) is 65.1 Å². The molecule has 1 amide bonds. The number of nitrogens with one attached hydrogen (secondary N) is 1. The summed E-state index contributed by atoms with van der Waals surface area (Å²) in [6.07, 6.45) is 0. The number of nitrogens with zero attached hydrogens (tertiary/aromatic N) is 1. The van der Waals surface area contributed by atoms with Crippen LogP contribution in [0.3, 0.4) is 0 Å². The average Bonchev–Trinajstić information content (AvgIpc) is 3.07. The van der Waals surface area contributed by atoms with Crippen LogP contribution < -0.4 is 5.32 Å². The van der Waals surface area contributed by atoms with Gasteiger partial charge in [-0.2, -0.15) is 0 Å². The number of benzene rings is 3. The van der Waals surface area contributed by atoms with Crippen molar-refractivity contribution in [3.8, 4) is 11.5 Å². The van der Waals surface area contributed by atoms with Crippen molar-refractivity contribution in [1.29, 1.82) is 0 Å². The van der Waals surface area contributed by atoms with Gasteiger partial charge in [0.2, 0.25) is 5.89 Å². The summed E-state index contributed by atoms with van der Waals surface area (Å²) >= 11 is 18.1. The Morgan fingerprint density at radius 3 is 2.59 bits per heavy atom. The second-order valence-electron chi connectivity index (χ2n) is 5.77. The van der Waals surface area contributed by atoms with Crippen LogP contribution >= 0.6 is 34.8 Å². The Kier molecular flexibility index (Phi) is 4.79. The molecule has 0 bridgehead atoms. The van der Waals surface area contributed by atoms with Crippen molar-refractivity contribution in [2.75, 3.05) is 5.32 Å². The number of carbonyl (C=O) groups is 1. The topological polar surface area (TPSA) is 55.1 Å². The predicted molar refractivity (Wildman–Crippen MR) is 109 cm³/mol. The number of oxazole rings is 1. The molecule has 27 heavy (non-hydrogen) atoms. The number of rotatable bonds is 3. The minimum atomic E-state index is -0.361. The average molecular weight is 418 g/mol. The highest BCUT2D eigenvalue weighted by atomic mass is 35.5. The van der Waals surface area contributed by atoms with Crippen LogP contribution in [0, 0.1) is 0 Å². The lowest BCUT2D eigenvalue weighted by Gasteiger charge is -2.07. The zero-order chi connectivity index (χ0) is 19.0. The van der Waals surface area contributed by atoms with Gasteiger partial charge in [0.15, 0.2) is 5.58 Å². The van der Waals surface area contributed by atoms with Crippen LogP contribution in [0.1, 0.15) is 10.4 Å². The molecule has 0 atom stereocenters. The molecule has 4 aromatic rings. The molecule has 0 fully saturated rings. The highest BCUT2D eigenvalue weighted by molar-refractivity contribution is 6.44. The summed E-state index contributed by atoms with van der Waals surface area (Å²) in [6.45, 7) is 0. The van der Waals surface area contributed by atoms with Gasteiger partial charge in [0.05, 0.1) is 15.6 Å². The lowest BCUT2D eigenvalue weighted by Crippen LogP contribution is -2.12. The van der Waals surface area contributed by atoms with Crippen molar-refractivity contribution in [2.24, 2.45) is 0 Å². The van der Waals surface area contributed by atoms with Crippen LogP contribution in [0.5, 0.6) is 0 Å². The first-order chi connectivity index (χ1) is 13.0. The second-order valence-corrected chi connectivity index (χ2v) is 6.99. The number of amides is 1. The fourth-order valence-corrected chi connectivity index (χ4v) is 3.20. The normalized spacial score (nSPS) is 10.9. The molecule has 4 nitrogen and oxygen atoms in total. The van der Waals surface area contributed by atoms with Gasteiger partial charge in [0.1, 0.15) is 5.52 Å². The van der Waals surface area contributed by atoms with Crippen molar-refractivity contribution in [3.05, 3.63) is 81.3 Å². The summed E-state index contributed by atoms with van der Waals surface area (Å²) in [6, 6.07) is 17.3. The van der Waals surface area contributed by atoms with E-state index < -0.39 is 0 Å². The van der Waals surface area contributed by atoms with E-state index in [0.29, 0.717) is 38.3 Å². The first kappa shape index (κ1) is 17.9. The van der Waals surface area contributed by atoms with Crippen LogP contribution in [-0.2, 0) is 0 Å². The van der Waals surface area contributed by atoms with Gasteiger partial charge in [0, 0.05) is 16.3 Å². The van der Waals surface area contributed by atoms with E-state index in [1.807, 2.05) is 12.1 Å². The maximum atomic E-state index is 12.5. The lowest BCUT2D eigenvalue weighted by atomic mass is 10.2. The largest absolute Gasteiger partial charge is 0.436 e. The van der Waals surface area contributed by atoms with E-state index >= 15 is 0 Å². The molecule has 4 rings (SSSR count). The summed E-state index contributed by atoms with van der Waals surface area (Å²) in [5.74, 6) is 0.0919. The van der Waals surface area contributed by atoms with Crippen molar-refractivity contribution in [2.45, 2.75) is 0 Å². The molecule has 0 saturated heterocycles. The molecule has 0 unspecified atom stereocenters. The quantitative estimate of drug-likeness (QED) is 0.403. The smallest absolute Gasteiger partial charge is 0.257 e. The molecule has 0 aliphatic rings. The Morgan fingerprint density at radius 1 is 0.963 bits per heavy atom. The summed E-state index contributed by atoms with van der Waals surface area (Å²) in [4.78, 5) is 16.9. The number of anilines is 1. The number of carbonyl (C=O) groups excluding carboxylic acids is 1. The van der Waals surface area contributed by atoms with Gasteiger partial charge in [-0.25, -0.2) is 4.98 Å². The Hall–Kier alpha value is -2.53. The Labute approximate surface area is 169 Å². The number of fused-ring (bicyclic) bond motifs is 1. The highest BCUT2D eigenvalue weighted by Gasteiger charge is 2.14. The number of hydrogen-bond donors (Lipinski definition) is 1. The Bertz CT molecular complexity index is 1170. The first-order valence-electron chi connectivity index (χ1n) is 7.93. The van der Waals surface area contributed by atoms with Crippen LogP contribution in [0.25, 0.3) is 22.6 Å². The van der Waals surface area contributed by atoms with Gasteiger partial charge in [-0.15, -0.1) is 0 Å². The number of halogens is 3. The van der Waals surface area contributed by atoms with E-state index in [4.69, 9.17) is 39.2 Å². The van der Waals surface area contributed by atoms with Crippen molar-refractivity contribution in [1.82, 2.24) is 4.98 Å². The van der Waals surface area contributed by atoms with E-state index in [1.165, 1.54) is 0 Å². The summed E-state index contributed by atoms with van der Waals surface area (Å²) in [5.41, 5.74) is 2.84. The maximum Gasteiger partial charge on any atom is 0.257 e. The van der Waals surface area contributed by atoms with Gasteiger partial charge in [-0.3, -0.25) is 4.79 Å². The fourth-order valence-electron chi connectivity index (χ4n) is 2.63. The molecule has 7 heteroatoms. The van der Waals surface area contributed by atoms with Crippen LogP contribution in [-0.4, -0.2) is 10.9 Å². The molecule has 0 saturated carbocycles. The summed E-state index contributed by atoms with van der Waals surface area (Å²) < 4.78 is 5.77. The molecule has 0 aliphatic heterocycles. The van der Waals surface area contributed by atoms with E-state index in [1.54, 1.807) is 48.5 Å². The van der Waals surface area contributed by atoms with E-state index in [-0.39, 0.29) is 10.9 Å². The van der Waals surface area contributed by atoms with Crippen molar-refractivity contribution in [3.63, 3.8) is 0 Å². The van der Waals surface area contributed by atoms with Crippen LogP contribution in [0.2, 0.25) is 15.1 Å². The third kappa shape index (κ3) is 3.65. The third-order valence-corrected chi connectivity index (χ3v) is 4.97. The number of aromatic nitrogens is 1. The van der Waals surface area contributed by atoms with Gasteiger partial charge in [-0.05, 0) is 48.5 Å². The molecular formula is C20H11Cl3N2O2. The molecule has 134 valence electrons. The monoisotopic (exact) mass is 416 g/mol. The summed E-state index contributed by atoms with van der Waals surface area (Å²) in [7, 11) is 0. The molecule has 0 radical (unpaired) electrons. The molecule has 1 N–H and O–H groups in total. The SMILES string of the molecule is O=C(Nc1ccc2oc(-c3cccc(Cl)c3)nc2c1)c1cccc(Cl)c1Cl. The van der Waals surface area contributed by atoms with Gasteiger partial charge < -0.3 is 9.73 Å². The number of hydrogen-bond acceptors (Lipinski definition) is 3. The van der Waals surface area contributed by atoms with Crippen molar-refractivity contribution < 1.29 is 9.21 Å². The van der Waals surface area contributed by atoms with Crippen molar-refractivity contribution >= 4 is 57.5 Å². The minimum absolute atomic E-state index is 0.211. The highest BCUT2D eigenvalue weighted by Crippen LogP contribution is 2.29. The lowest BCUT2D eigenvalue weighted by molar-refractivity contribution is 0.102. The minimum Gasteiger partial charge on any atom is -0.436 e. The molecule has 0 aliphatic carbocycles. The van der Waals surface area contributed by atoms with E-state index in [9.17, 15) is 4.79 Å². The molecular weight excluding hydrogens is 407 g/mol. The third-order valence-electron chi connectivity index (χ3n) is 3.91. The zero-order valence-electron chi connectivity index (χ0n) is 13.7. The predicted octanol–water partition coefficient (Wildman–Crippen LogP) is 6.71. The van der Waals surface area contributed by atoms with E-state index in [2.05, 4.69) is 10.3 Å². The zero-order valence-corrected chi connectivity index (χ0v) is 15.9. The second kappa shape index (κ2) is 7.24. The molecule has 0 spiro atoms. The standard InChI is InChI=1S/C20H11Cl3N2O2/c21-12-4-1-3-11(9-12)20-25-16-10-13(7-8-17(16)27-20)24-19(26)14-5-2-6-15(22)18(14)23/h1-10H,(H,24,26). The van der Waals surface area contributed by atoms with Crippen LogP contribution in [0.4, 0.5) is 5.69 Å².